The lowest BCUT2D eigenvalue weighted by Gasteiger charge is -2.36. The molecule has 29 heavy (non-hydrogen) atoms. The zero-order valence-corrected chi connectivity index (χ0v) is 17.1. The van der Waals surface area contributed by atoms with Crippen LogP contribution < -0.4 is 10.5 Å². The van der Waals surface area contributed by atoms with E-state index in [0.29, 0.717) is 37.4 Å². The number of anilines is 1. The van der Waals surface area contributed by atoms with Crippen LogP contribution in [0.1, 0.15) is 11.1 Å². The summed E-state index contributed by atoms with van der Waals surface area (Å²) < 4.78 is 10.6. The average Bonchev–Trinajstić information content (AvgIpc) is 2.74. The van der Waals surface area contributed by atoms with Crippen molar-refractivity contribution in [3.8, 4) is 5.75 Å². The first kappa shape index (κ1) is 20.2. The third kappa shape index (κ3) is 4.93. The molecule has 7 nitrogen and oxygen atoms in total. The van der Waals surface area contributed by atoms with Crippen LogP contribution in [0.2, 0.25) is 5.02 Å². The van der Waals surface area contributed by atoms with E-state index in [-0.39, 0.29) is 5.75 Å². The van der Waals surface area contributed by atoms with Gasteiger partial charge in [0.25, 0.3) is 0 Å². The summed E-state index contributed by atoms with van der Waals surface area (Å²) in [6.07, 6.45) is 1.38. The van der Waals surface area contributed by atoms with E-state index in [1.807, 2.05) is 18.2 Å². The highest BCUT2D eigenvalue weighted by Crippen LogP contribution is 2.25. The Labute approximate surface area is 175 Å². The van der Waals surface area contributed by atoms with Crippen molar-refractivity contribution >= 4 is 17.3 Å². The highest BCUT2D eigenvalue weighted by atomic mass is 35.5. The largest absolute Gasteiger partial charge is 0.507 e. The Bertz CT molecular complexity index is 890. The zero-order valence-electron chi connectivity index (χ0n) is 16.3. The molecule has 1 aromatic carbocycles. The summed E-state index contributed by atoms with van der Waals surface area (Å²) in [5.74, 6) is 0.0602. The molecular formula is C21H26ClN3O4. The summed E-state index contributed by atoms with van der Waals surface area (Å²) in [6.45, 7) is 7.16. The number of morpholine rings is 1. The van der Waals surface area contributed by atoms with Gasteiger partial charge in [-0.2, -0.15) is 0 Å². The van der Waals surface area contributed by atoms with Gasteiger partial charge in [0, 0.05) is 68.6 Å². The summed E-state index contributed by atoms with van der Waals surface area (Å²) in [4.78, 5) is 18.9. The lowest BCUT2D eigenvalue weighted by molar-refractivity contribution is 0.0335. The molecule has 1 aromatic heterocycles. The minimum absolute atomic E-state index is 0.0602. The van der Waals surface area contributed by atoms with E-state index < -0.39 is 5.63 Å². The molecule has 8 heteroatoms. The fraction of sp³-hybridized carbons (Fsp3) is 0.476. The molecule has 156 valence electrons. The van der Waals surface area contributed by atoms with E-state index in [9.17, 15) is 9.90 Å². The zero-order chi connectivity index (χ0) is 20.2. The van der Waals surface area contributed by atoms with Crippen LogP contribution in [0.25, 0.3) is 0 Å². The fourth-order valence-corrected chi connectivity index (χ4v) is 4.04. The molecule has 2 saturated heterocycles. The molecule has 0 unspecified atom stereocenters. The van der Waals surface area contributed by atoms with E-state index in [0.717, 1.165) is 50.0 Å². The second-order valence-corrected chi connectivity index (χ2v) is 7.94. The van der Waals surface area contributed by atoms with Gasteiger partial charge in [0.05, 0.1) is 18.8 Å². The van der Waals surface area contributed by atoms with Gasteiger partial charge in [0.2, 0.25) is 0 Å². The Balaban J connectivity index is 1.40. The maximum Gasteiger partial charge on any atom is 0.343 e. The third-order valence-electron chi connectivity index (χ3n) is 5.57. The molecule has 2 aromatic rings. The van der Waals surface area contributed by atoms with Crippen molar-refractivity contribution in [3.63, 3.8) is 0 Å². The second-order valence-electron chi connectivity index (χ2n) is 7.51. The molecule has 2 fully saturated rings. The third-order valence-corrected chi connectivity index (χ3v) is 5.80. The molecule has 1 N–H and O–H groups in total. The van der Waals surface area contributed by atoms with Gasteiger partial charge in [0.1, 0.15) is 12.0 Å². The van der Waals surface area contributed by atoms with Gasteiger partial charge >= 0.3 is 5.63 Å². The number of ether oxygens (including phenoxy) is 1. The van der Waals surface area contributed by atoms with Gasteiger partial charge in [-0.1, -0.05) is 17.7 Å². The quantitative estimate of drug-likeness (QED) is 0.796. The number of benzene rings is 1. The van der Waals surface area contributed by atoms with Crippen molar-refractivity contribution in [2.75, 3.05) is 57.4 Å². The minimum Gasteiger partial charge on any atom is -0.507 e. The first-order valence-corrected chi connectivity index (χ1v) is 10.3. The summed E-state index contributed by atoms with van der Waals surface area (Å²) in [6, 6.07) is 7.84. The van der Waals surface area contributed by atoms with Crippen molar-refractivity contribution in [2.24, 2.45) is 0 Å². The van der Waals surface area contributed by atoms with Gasteiger partial charge in [-0.15, -0.1) is 0 Å². The number of nitrogens with zero attached hydrogens (tertiary/aromatic N) is 3. The van der Waals surface area contributed by atoms with Crippen LogP contribution in [0.3, 0.4) is 0 Å². The normalized spacial score (nSPS) is 18.9. The lowest BCUT2D eigenvalue weighted by atomic mass is 10.1. The van der Waals surface area contributed by atoms with E-state index in [4.69, 9.17) is 20.8 Å². The van der Waals surface area contributed by atoms with Crippen LogP contribution in [0.15, 0.2) is 39.7 Å². The van der Waals surface area contributed by atoms with Crippen molar-refractivity contribution in [3.05, 3.63) is 57.1 Å². The van der Waals surface area contributed by atoms with Crippen molar-refractivity contribution in [2.45, 2.75) is 13.1 Å². The fourth-order valence-electron chi connectivity index (χ4n) is 3.85. The summed E-state index contributed by atoms with van der Waals surface area (Å²) in [5, 5.41) is 11.4. The van der Waals surface area contributed by atoms with Crippen molar-refractivity contribution in [1.29, 1.82) is 0 Å². The predicted molar refractivity (Wildman–Crippen MR) is 112 cm³/mol. The van der Waals surface area contributed by atoms with Crippen LogP contribution in [-0.2, 0) is 17.8 Å². The molecule has 0 spiro atoms. The Morgan fingerprint density at radius 1 is 1.00 bits per heavy atom. The van der Waals surface area contributed by atoms with Gasteiger partial charge in [-0.3, -0.25) is 9.80 Å². The Morgan fingerprint density at radius 3 is 2.45 bits per heavy atom. The predicted octanol–water partition coefficient (Wildman–Crippen LogP) is 2.15. The highest BCUT2D eigenvalue weighted by molar-refractivity contribution is 6.30. The van der Waals surface area contributed by atoms with Gasteiger partial charge in [-0.05, 0) is 18.2 Å². The average molecular weight is 420 g/mol. The number of aromatic hydroxyl groups is 1. The maximum absolute atomic E-state index is 12.3. The smallest absolute Gasteiger partial charge is 0.343 e. The number of hydrogen-bond donors (Lipinski definition) is 1. The summed E-state index contributed by atoms with van der Waals surface area (Å²) in [5.41, 5.74) is 1.63. The van der Waals surface area contributed by atoms with Gasteiger partial charge in [-0.25, -0.2) is 4.79 Å². The van der Waals surface area contributed by atoms with E-state index in [1.54, 1.807) is 0 Å². The van der Waals surface area contributed by atoms with Gasteiger partial charge in [0.15, 0.2) is 0 Å². The maximum atomic E-state index is 12.3. The molecule has 0 bridgehead atoms. The topological polar surface area (TPSA) is 69.4 Å². The van der Waals surface area contributed by atoms with Crippen molar-refractivity contribution in [1.82, 2.24) is 9.80 Å². The number of hydrogen-bond acceptors (Lipinski definition) is 7. The highest BCUT2D eigenvalue weighted by Gasteiger charge is 2.23. The molecule has 2 aliphatic rings. The molecule has 0 atom stereocenters. The van der Waals surface area contributed by atoms with Gasteiger partial charge < -0.3 is 19.2 Å². The Kier molecular flexibility index (Phi) is 6.40. The molecule has 0 amide bonds. The Hall–Kier alpha value is -2.06. The van der Waals surface area contributed by atoms with Crippen LogP contribution in [-0.4, -0.2) is 67.4 Å². The SMILES string of the molecule is O=c1occ(CN2CCOCC2)c(O)c1CN1CCN(c2cccc(Cl)c2)CC1. The van der Waals surface area contributed by atoms with E-state index >= 15 is 0 Å². The van der Waals surface area contributed by atoms with E-state index in [2.05, 4.69) is 20.8 Å². The van der Waals surface area contributed by atoms with E-state index in [1.165, 1.54) is 6.26 Å². The molecule has 0 radical (unpaired) electrons. The molecule has 0 saturated carbocycles. The van der Waals surface area contributed by atoms with Crippen molar-refractivity contribution < 1.29 is 14.3 Å². The summed E-state index contributed by atoms with van der Waals surface area (Å²) in [7, 11) is 0. The second kappa shape index (κ2) is 9.17. The number of halogens is 1. The molecule has 0 aliphatic carbocycles. The molecular weight excluding hydrogens is 394 g/mol. The standard InChI is InChI=1S/C21H26ClN3O4/c22-17-2-1-3-18(12-17)25-6-4-23(5-7-25)14-19-20(26)16(15-29-21(19)27)13-24-8-10-28-11-9-24/h1-3,12,15,26H,4-11,13-14H2. The Morgan fingerprint density at radius 2 is 1.72 bits per heavy atom. The minimum atomic E-state index is -0.467. The monoisotopic (exact) mass is 419 g/mol. The first-order chi connectivity index (χ1) is 14.1. The number of rotatable bonds is 5. The van der Waals surface area contributed by atoms with Crippen LogP contribution in [0.5, 0.6) is 5.75 Å². The van der Waals surface area contributed by atoms with Crippen LogP contribution >= 0.6 is 11.6 Å². The summed E-state index contributed by atoms with van der Waals surface area (Å²) >= 11 is 6.10. The lowest BCUT2D eigenvalue weighted by Crippen LogP contribution is -2.46. The molecule has 4 rings (SSSR count). The number of piperazine rings is 1. The van der Waals surface area contributed by atoms with Crippen LogP contribution in [0, 0.1) is 0 Å². The van der Waals surface area contributed by atoms with Crippen LogP contribution in [0.4, 0.5) is 5.69 Å². The molecule has 2 aliphatic heterocycles. The first-order valence-electron chi connectivity index (χ1n) is 9.95. The molecule has 3 heterocycles.